The largest absolute Gasteiger partial charge is 0.368 e. The van der Waals surface area contributed by atoms with Crippen molar-refractivity contribution in [1.29, 1.82) is 0 Å². The molecule has 4 rings (SSSR count). The Bertz CT molecular complexity index is 1010. The van der Waals surface area contributed by atoms with Crippen LogP contribution in [0.5, 0.6) is 0 Å². The highest BCUT2D eigenvalue weighted by Crippen LogP contribution is 2.28. The summed E-state index contributed by atoms with van der Waals surface area (Å²) in [6, 6.07) is 24.2. The molecule has 0 radical (unpaired) electrons. The number of anilines is 3. The first-order valence-corrected chi connectivity index (χ1v) is 10.1. The predicted octanol–water partition coefficient (Wildman–Crippen LogP) is 4.80. The van der Waals surface area contributed by atoms with Crippen LogP contribution < -0.4 is 15.1 Å². The normalized spacial score (nSPS) is 14.2. The van der Waals surface area contributed by atoms with Crippen LogP contribution in [0.4, 0.5) is 21.5 Å². The molecule has 0 bridgehead atoms. The molecule has 3 aromatic rings. The fraction of sp³-hybridized carbons (Fsp3) is 0.160. The Labute approximate surface area is 176 Å². The van der Waals surface area contributed by atoms with E-state index >= 15 is 0 Å². The summed E-state index contributed by atoms with van der Waals surface area (Å²) in [5.41, 5.74) is 3.83. The lowest BCUT2D eigenvalue weighted by molar-refractivity contribution is -0.111. The number of carbonyl (C=O) groups excluding carboxylic acids is 1. The van der Waals surface area contributed by atoms with Crippen molar-refractivity contribution >= 4 is 29.0 Å². The van der Waals surface area contributed by atoms with Crippen LogP contribution >= 0.6 is 0 Å². The molecule has 4 nitrogen and oxygen atoms in total. The average molecular weight is 401 g/mol. The summed E-state index contributed by atoms with van der Waals surface area (Å²) in [6.07, 6.45) is 3.36. The summed E-state index contributed by atoms with van der Waals surface area (Å²) >= 11 is 0. The summed E-state index contributed by atoms with van der Waals surface area (Å²) in [4.78, 5) is 17.0. The van der Waals surface area contributed by atoms with Gasteiger partial charge in [-0.1, -0.05) is 42.5 Å². The number of benzene rings is 3. The maximum atomic E-state index is 13.2. The number of carbonyl (C=O) groups is 1. The van der Waals surface area contributed by atoms with Gasteiger partial charge in [0.05, 0.1) is 11.4 Å². The highest BCUT2D eigenvalue weighted by Gasteiger charge is 2.19. The van der Waals surface area contributed by atoms with Gasteiger partial charge in [-0.3, -0.25) is 4.79 Å². The Hall–Kier alpha value is -3.60. The van der Waals surface area contributed by atoms with Gasteiger partial charge in [0, 0.05) is 37.9 Å². The molecule has 1 saturated heterocycles. The molecule has 0 unspecified atom stereocenters. The van der Waals surface area contributed by atoms with Crippen LogP contribution in [0.2, 0.25) is 0 Å². The van der Waals surface area contributed by atoms with Crippen LogP contribution in [-0.4, -0.2) is 32.1 Å². The molecule has 0 aromatic heterocycles. The summed E-state index contributed by atoms with van der Waals surface area (Å²) < 4.78 is 13.2. The van der Waals surface area contributed by atoms with Gasteiger partial charge in [0.2, 0.25) is 5.91 Å². The first-order valence-electron chi connectivity index (χ1n) is 10.1. The van der Waals surface area contributed by atoms with E-state index in [4.69, 9.17) is 0 Å². The minimum atomic E-state index is -0.219. The van der Waals surface area contributed by atoms with Crippen molar-refractivity contribution in [2.24, 2.45) is 0 Å². The fourth-order valence-electron chi connectivity index (χ4n) is 3.62. The maximum absolute atomic E-state index is 13.2. The van der Waals surface area contributed by atoms with Crippen LogP contribution in [-0.2, 0) is 4.79 Å². The first-order chi connectivity index (χ1) is 14.7. The second-order valence-corrected chi connectivity index (χ2v) is 7.20. The molecular weight excluding hydrogens is 377 g/mol. The van der Waals surface area contributed by atoms with Crippen molar-refractivity contribution in [3.05, 3.63) is 96.3 Å². The van der Waals surface area contributed by atoms with Gasteiger partial charge >= 0.3 is 0 Å². The topological polar surface area (TPSA) is 35.6 Å². The van der Waals surface area contributed by atoms with Gasteiger partial charge < -0.3 is 15.1 Å². The molecule has 30 heavy (non-hydrogen) atoms. The highest BCUT2D eigenvalue weighted by molar-refractivity contribution is 6.03. The molecular formula is C25H24FN3O. The Morgan fingerprint density at radius 2 is 1.43 bits per heavy atom. The monoisotopic (exact) mass is 401 g/mol. The third kappa shape index (κ3) is 4.87. The molecule has 3 aromatic carbocycles. The third-order valence-corrected chi connectivity index (χ3v) is 5.20. The summed E-state index contributed by atoms with van der Waals surface area (Å²) in [6.45, 7) is 3.32. The number of hydrogen-bond acceptors (Lipinski definition) is 3. The Morgan fingerprint density at radius 1 is 0.800 bits per heavy atom. The number of amides is 1. The van der Waals surface area contributed by atoms with Crippen molar-refractivity contribution in [2.75, 3.05) is 41.3 Å². The predicted molar refractivity (Wildman–Crippen MR) is 121 cm³/mol. The molecule has 1 aliphatic rings. The summed E-state index contributed by atoms with van der Waals surface area (Å²) in [5.74, 6) is -0.375. The lowest BCUT2D eigenvalue weighted by Gasteiger charge is -2.38. The van der Waals surface area contributed by atoms with E-state index in [1.165, 1.54) is 12.1 Å². The lowest BCUT2D eigenvalue weighted by atomic mass is 10.2. The number of para-hydroxylation sites is 2. The number of hydrogen-bond donors (Lipinski definition) is 1. The van der Waals surface area contributed by atoms with Crippen LogP contribution in [0.15, 0.2) is 84.9 Å². The van der Waals surface area contributed by atoms with E-state index < -0.39 is 0 Å². The smallest absolute Gasteiger partial charge is 0.248 e. The molecule has 0 aliphatic carbocycles. The van der Waals surface area contributed by atoms with E-state index in [1.54, 1.807) is 12.2 Å². The second kappa shape index (κ2) is 9.27. The molecule has 1 amide bonds. The van der Waals surface area contributed by atoms with E-state index in [-0.39, 0.29) is 11.7 Å². The van der Waals surface area contributed by atoms with Gasteiger partial charge in [-0.2, -0.15) is 0 Å². The van der Waals surface area contributed by atoms with Gasteiger partial charge in [0.25, 0.3) is 0 Å². The van der Waals surface area contributed by atoms with Crippen LogP contribution in [0, 0.1) is 5.82 Å². The van der Waals surface area contributed by atoms with E-state index in [9.17, 15) is 9.18 Å². The lowest BCUT2D eigenvalue weighted by Crippen LogP contribution is -2.46. The number of nitrogens with one attached hydrogen (secondary N) is 1. The van der Waals surface area contributed by atoms with Crippen molar-refractivity contribution < 1.29 is 9.18 Å². The Morgan fingerprint density at radius 3 is 2.17 bits per heavy atom. The molecule has 0 saturated carbocycles. The van der Waals surface area contributed by atoms with E-state index in [0.29, 0.717) is 0 Å². The van der Waals surface area contributed by atoms with Gasteiger partial charge in [0.1, 0.15) is 5.82 Å². The van der Waals surface area contributed by atoms with Crippen molar-refractivity contribution in [1.82, 2.24) is 0 Å². The zero-order chi connectivity index (χ0) is 20.8. The zero-order valence-corrected chi connectivity index (χ0v) is 16.7. The second-order valence-electron chi connectivity index (χ2n) is 7.20. The van der Waals surface area contributed by atoms with Crippen molar-refractivity contribution in [3.8, 4) is 0 Å². The third-order valence-electron chi connectivity index (χ3n) is 5.20. The van der Waals surface area contributed by atoms with Gasteiger partial charge in [-0.15, -0.1) is 0 Å². The van der Waals surface area contributed by atoms with E-state index in [1.807, 2.05) is 66.7 Å². The summed E-state index contributed by atoms with van der Waals surface area (Å²) in [7, 11) is 0. The minimum Gasteiger partial charge on any atom is -0.368 e. The van der Waals surface area contributed by atoms with Gasteiger partial charge in [0.15, 0.2) is 0 Å². The number of rotatable bonds is 5. The Balaban J connectivity index is 1.40. The average Bonchev–Trinajstić information content (AvgIpc) is 2.79. The van der Waals surface area contributed by atoms with Crippen LogP contribution in [0.25, 0.3) is 6.08 Å². The van der Waals surface area contributed by atoms with Crippen molar-refractivity contribution in [2.45, 2.75) is 0 Å². The SMILES string of the molecule is O=C(/C=C\c1ccccc1)Nc1ccccc1N1CCN(c2ccc(F)cc2)CC1. The molecule has 5 heteroatoms. The molecule has 152 valence electrons. The number of halogens is 1. The highest BCUT2D eigenvalue weighted by atomic mass is 19.1. The van der Waals surface area contributed by atoms with Crippen LogP contribution in [0.3, 0.4) is 0 Å². The summed E-state index contributed by atoms with van der Waals surface area (Å²) in [5, 5.41) is 3.00. The van der Waals surface area contributed by atoms with Gasteiger partial charge in [-0.05, 0) is 48.0 Å². The molecule has 1 heterocycles. The fourth-order valence-corrected chi connectivity index (χ4v) is 3.62. The minimum absolute atomic E-state index is 0.156. The quantitative estimate of drug-likeness (QED) is 0.624. The van der Waals surface area contributed by atoms with E-state index in [0.717, 1.165) is 48.8 Å². The zero-order valence-electron chi connectivity index (χ0n) is 16.7. The van der Waals surface area contributed by atoms with Crippen LogP contribution in [0.1, 0.15) is 5.56 Å². The molecule has 1 fully saturated rings. The maximum Gasteiger partial charge on any atom is 0.248 e. The molecule has 1 N–H and O–H groups in total. The number of piperazine rings is 1. The number of nitrogens with zero attached hydrogens (tertiary/aromatic N) is 2. The Kier molecular flexibility index (Phi) is 6.09. The standard InChI is InChI=1S/C25H24FN3O/c26-21-11-13-22(14-12-21)28-16-18-29(19-17-28)24-9-5-4-8-23(24)27-25(30)15-10-20-6-2-1-3-7-20/h1-15H,16-19H2,(H,27,30)/b15-10-. The first kappa shape index (κ1) is 19.7. The van der Waals surface area contributed by atoms with Gasteiger partial charge in [-0.25, -0.2) is 4.39 Å². The molecule has 0 atom stereocenters. The van der Waals surface area contributed by atoms with Crippen molar-refractivity contribution in [3.63, 3.8) is 0 Å². The molecule has 0 spiro atoms. The molecule has 1 aliphatic heterocycles. The van der Waals surface area contributed by atoms with E-state index in [2.05, 4.69) is 15.1 Å².